The molecular weight excluding hydrogens is 212 g/mol. The molecule has 1 heterocycles. The molecule has 0 unspecified atom stereocenters. The summed E-state index contributed by atoms with van der Waals surface area (Å²) in [6, 6.07) is 12.0. The van der Waals surface area contributed by atoms with Crippen molar-refractivity contribution < 1.29 is 0 Å². The molecule has 70 valence electrons. The van der Waals surface area contributed by atoms with Crippen LogP contribution in [-0.4, -0.2) is 0 Å². The molecule has 0 atom stereocenters. The normalized spacial score (nSPS) is 10.1. The first-order valence-corrected chi connectivity index (χ1v) is 5.48. The highest BCUT2D eigenvalue weighted by atomic mass is 35.5. The van der Waals surface area contributed by atoms with Crippen molar-refractivity contribution in [3.8, 4) is 10.4 Å². The minimum absolute atomic E-state index is 0.796. The summed E-state index contributed by atoms with van der Waals surface area (Å²) in [6.07, 6.45) is 1.85. The van der Waals surface area contributed by atoms with Crippen LogP contribution in [0.5, 0.6) is 0 Å². The fraction of sp³-hybridized carbons (Fsp3) is 0. The molecule has 0 aliphatic carbocycles. The molecule has 0 aliphatic rings. The van der Waals surface area contributed by atoms with Gasteiger partial charge >= 0.3 is 0 Å². The van der Waals surface area contributed by atoms with Crippen LogP contribution in [0.25, 0.3) is 16.5 Å². The molecule has 2 heteroatoms. The fourth-order valence-corrected chi connectivity index (χ4v) is 2.46. The number of thiophene rings is 1. The molecule has 0 saturated heterocycles. The lowest BCUT2D eigenvalue weighted by Crippen LogP contribution is -1.72. The van der Waals surface area contributed by atoms with Crippen molar-refractivity contribution in [2.24, 2.45) is 0 Å². The maximum absolute atomic E-state index is 6.09. The molecule has 0 nitrogen and oxygen atoms in total. The zero-order valence-corrected chi connectivity index (χ0v) is 9.11. The molecule has 0 radical (unpaired) electrons. The first-order chi connectivity index (χ1) is 6.81. The third kappa shape index (κ3) is 1.74. The predicted molar refractivity (Wildman–Crippen MR) is 64.9 cm³/mol. The second-order valence-corrected chi connectivity index (χ2v) is 4.41. The largest absolute Gasteiger partial charge is 0.136 e. The number of hydrogen-bond acceptors (Lipinski definition) is 1. The standard InChI is InChI=1S/C12H9ClS/c1-2-9-7-8-12(14-9)10-5-3-4-6-11(10)13/h2-8H,1H2. The van der Waals surface area contributed by atoms with Gasteiger partial charge in [-0.1, -0.05) is 42.5 Å². The van der Waals surface area contributed by atoms with E-state index in [1.807, 2.05) is 30.3 Å². The van der Waals surface area contributed by atoms with Crippen LogP contribution in [0.2, 0.25) is 5.02 Å². The molecule has 2 rings (SSSR count). The van der Waals surface area contributed by atoms with E-state index < -0.39 is 0 Å². The van der Waals surface area contributed by atoms with Gasteiger partial charge in [0.2, 0.25) is 0 Å². The van der Waals surface area contributed by atoms with Crippen molar-refractivity contribution in [1.29, 1.82) is 0 Å². The lowest BCUT2D eigenvalue weighted by molar-refractivity contribution is 1.70. The minimum Gasteiger partial charge on any atom is -0.136 e. The smallest absolute Gasteiger partial charge is 0.0492 e. The number of halogens is 1. The molecule has 0 amide bonds. The van der Waals surface area contributed by atoms with Crippen molar-refractivity contribution in [2.75, 3.05) is 0 Å². The van der Waals surface area contributed by atoms with Gasteiger partial charge in [-0.2, -0.15) is 0 Å². The Hall–Kier alpha value is -1.05. The lowest BCUT2D eigenvalue weighted by Gasteiger charge is -1.98. The second kappa shape index (κ2) is 3.99. The van der Waals surface area contributed by atoms with Crippen LogP contribution >= 0.6 is 22.9 Å². The zero-order chi connectivity index (χ0) is 9.97. The molecule has 0 bridgehead atoms. The third-order valence-electron chi connectivity index (χ3n) is 1.97. The van der Waals surface area contributed by atoms with Gasteiger partial charge in [0.15, 0.2) is 0 Å². The monoisotopic (exact) mass is 220 g/mol. The van der Waals surface area contributed by atoms with Gasteiger partial charge in [0, 0.05) is 20.3 Å². The van der Waals surface area contributed by atoms with E-state index in [2.05, 4.69) is 18.7 Å². The van der Waals surface area contributed by atoms with Crippen LogP contribution in [0.15, 0.2) is 43.0 Å². The molecule has 0 aliphatic heterocycles. The van der Waals surface area contributed by atoms with Gasteiger partial charge in [-0.15, -0.1) is 11.3 Å². The maximum Gasteiger partial charge on any atom is 0.0492 e. The Morgan fingerprint density at radius 1 is 1.14 bits per heavy atom. The number of rotatable bonds is 2. The molecule has 0 N–H and O–H groups in total. The summed E-state index contributed by atoms with van der Waals surface area (Å²) >= 11 is 7.79. The van der Waals surface area contributed by atoms with Crippen LogP contribution in [0.4, 0.5) is 0 Å². The van der Waals surface area contributed by atoms with E-state index >= 15 is 0 Å². The maximum atomic E-state index is 6.09. The second-order valence-electron chi connectivity index (χ2n) is 2.89. The van der Waals surface area contributed by atoms with E-state index in [0.717, 1.165) is 10.6 Å². The fourth-order valence-electron chi connectivity index (χ4n) is 1.27. The van der Waals surface area contributed by atoms with E-state index in [4.69, 9.17) is 11.6 Å². The predicted octanol–water partition coefficient (Wildman–Crippen LogP) is 4.71. The highest BCUT2D eigenvalue weighted by molar-refractivity contribution is 7.16. The van der Waals surface area contributed by atoms with Gasteiger partial charge in [-0.05, 0) is 18.2 Å². The average molecular weight is 221 g/mol. The van der Waals surface area contributed by atoms with Gasteiger partial charge in [-0.25, -0.2) is 0 Å². The SMILES string of the molecule is C=Cc1ccc(-c2ccccc2Cl)s1. The van der Waals surface area contributed by atoms with Gasteiger partial charge < -0.3 is 0 Å². The lowest BCUT2D eigenvalue weighted by atomic mass is 10.2. The van der Waals surface area contributed by atoms with Crippen molar-refractivity contribution in [2.45, 2.75) is 0 Å². The number of benzene rings is 1. The van der Waals surface area contributed by atoms with Crippen molar-refractivity contribution in [3.05, 3.63) is 52.9 Å². The van der Waals surface area contributed by atoms with Crippen molar-refractivity contribution >= 4 is 29.0 Å². The van der Waals surface area contributed by atoms with Gasteiger partial charge in [0.1, 0.15) is 0 Å². The minimum atomic E-state index is 0.796. The third-order valence-corrected chi connectivity index (χ3v) is 3.41. The Kier molecular flexibility index (Phi) is 2.71. The summed E-state index contributed by atoms with van der Waals surface area (Å²) in [5.74, 6) is 0. The summed E-state index contributed by atoms with van der Waals surface area (Å²) in [4.78, 5) is 2.35. The van der Waals surface area contributed by atoms with Crippen LogP contribution in [0.1, 0.15) is 4.88 Å². The van der Waals surface area contributed by atoms with E-state index in [9.17, 15) is 0 Å². The first kappa shape index (κ1) is 9.50. The van der Waals surface area contributed by atoms with E-state index in [1.54, 1.807) is 11.3 Å². The molecule has 1 aromatic heterocycles. The first-order valence-electron chi connectivity index (χ1n) is 4.28. The van der Waals surface area contributed by atoms with Crippen LogP contribution in [-0.2, 0) is 0 Å². The van der Waals surface area contributed by atoms with E-state index in [-0.39, 0.29) is 0 Å². The van der Waals surface area contributed by atoms with Gasteiger partial charge in [0.25, 0.3) is 0 Å². The molecule has 1 aromatic carbocycles. The molecule has 0 spiro atoms. The molecule has 14 heavy (non-hydrogen) atoms. The Balaban J connectivity index is 2.49. The molecular formula is C12H9ClS. The molecule has 0 fully saturated rings. The van der Waals surface area contributed by atoms with E-state index in [0.29, 0.717) is 0 Å². The quantitative estimate of drug-likeness (QED) is 0.688. The summed E-state index contributed by atoms with van der Waals surface area (Å²) in [5, 5.41) is 0.796. The Morgan fingerprint density at radius 2 is 1.93 bits per heavy atom. The number of hydrogen-bond donors (Lipinski definition) is 0. The summed E-state index contributed by atoms with van der Waals surface area (Å²) in [7, 11) is 0. The summed E-state index contributed by atoms with van der Waals surface area (Å²) in [5.41, 5.74) is 1.09. The van der Waals surface area contributed by atoms with Crippen LogP contribution in [0.3, 0.4) is 0 Å². The molecule has 0 saturated carbocycles. The van der Waals surface area contributed by atoms with Gasteiger partial charge in [0.05, 0.1) is 0 Å². The average Bonchev–Trinajstić information content (AvgIpc) is 2.67. The topological polar surface area (TPSA) is 0 Å². The summed E-state index contributed by atoms with van der Waals surface area (Å²) in [6.45, 7) is 3.74. The molecule has 2 aromatic rings. The van der Waals surface area contributed by atoms with Gasteiger partial charge in [-0.3, -0.25) is 0 Å². The van der Waals surface area contributed by atoms with Crippen LogP contribution < -0.4 is 0 Å². The van der Waals surface area contributed by atoms with Crippen molar-refractivity contribution in [1.82, 2.24) is 0 Å². The zero-order valence-electron chi connectivity index (χ0n) is 7.53. The Labute approximate surface area is 92.5 Å². The summed E-state index contributed by atoms with van der Waals surface area (Å²) < 4.78 is 0. The Morgan fingerprint density at radius 3 is 2.57 bits per heavy atom. The highest BCUT2D eigenvalue weighted by Crippen LogP contribution is 2.33. The highest BCUT2D eigenvalue weighted by Gasteiger charge is 2.04. The van der Waals surface area contributed by atoms with Crippen molar-refractivity contribution in [3.63, 3.8) is 0 Å². The van der Waals surface area contributed by atoms with E-state index in [1.165, 1.54) is 9.75 Å². The van der Waals surface area contributed by atoms with Crippen LogP contribution in [0, 0.1) is 0 Å². The Bertz CT molecular complexity index is 457.